The first-order chi connectivity index (χ1) is 6.06. The molecule has 78 valence electrons. The Morgan fingerprint density at radius 1 is 1.15 bits per heavy atom. The van der Waals surface area contributed by atoms with Crippen molar-refractivity contribution in [3.8, 4) is 0 Å². The Morgan fingerprint density at radius 3 is 2.23 bits per heavy atom. The van der Waals surface area contributed by atoms with E-state index in [-0.39, 0.29) is 5.92 Å². The molecule has 13 heavy (non-hydrogen) atoms. The lowest BCUT2D eigenvalue weighted by Gasteiger charge is -2.22. The molecule has 1 heterocycles. The van der Waals surface area contributed by atoms with Crippen molar-refractivity contribution in [3.05, 3.63) is 0 Å². The van der Waals surface area contributed by atoms with Crippen LogP contribution in [-0.2, 0) is 0 Å². The molecule has 1 fully saturated rings. The van der Waals surface area contributed by atoms with Crippen LogP contribution in [0.2, 0.25) is 0 Å². The van der Waals surface area contributed by atoms with Crippen LogP contribution in [0, 0.1) is 5.92 Å². The van der Waals surface area contributed by atoms with Gasteiger partial charge in [0.2, 0.25) is 0 Å². The second-order valence-corrected chi connectivity index (χ2v) is 3.84. The van der Waals surface area contributed by atoms with Crippen LogP contribution in [0.15, 0.2) is 0 Å². The van der Waals surface area contributed by atoms with Crippen LogP contribution >= 0.6 is 0 Å². The van der Waals surface area contributed by atoms with Gasteiger partial charge >= 0.3 is 0 Å². The third-order valence-corrected chi connectivity index (χ3v) is 2.88. The fourth-order valence-corrected chi connectivity index (χ4v) is 1.71. The summed E-state index contributed by atoms with van der Waals surface area (Å²) in [6, 6.07) is 0. The number of aliphatic hydroxyl groups excluding tert-OH is 3. The second kappa shape index (κ2) is 4.37. The van der Waals surface area contributed by atoms with Crippen molar-refractivity contribution in [2.75, 3.05) is 19.6 Å². The Kier molecular flexibility index (Phi) is 3.67. The van der Waals surface area contributed by atoms with Crippen LogP contribution < -0.4 is 0 Å². The van der Waals surface area contributed by atoms with Crippen LogP contribution in [-0.4, -0.2) is 58.2 Å². The first-order valence-electron chi connectivity index (χ1n) is 4.82. The topological polar surface area (TPSA) is 63.9 Å². The summed E-state index contributed by atoms with van der Waals surface area (Å²) >= 11 is 0. The average Bonchev–Trinajstić information content (AvgIpc) is 2.20. The van der Waals surface area contributed by atoms with Gasteiger partial charge in [-0.05, 0) is 6.54 Å². The predicted octanol–water partition coefficient (Wildman–Crippen LogP) is -0.959. The van der Waals surface area contributed by atoms with Gasteiger partial charge in [-0.25, -0.2) is 0 Å². The molecule has 0 spiro atoms. The Labute approximate surface area is 78.8 Å². The minimum atomic E-state index is -0.813. The van der Waals surface area contributed by atoms with Gasteiger partial charge in [-0.2, -0.15) is 0 Å². The smallest absolute Gasteiger partial charge is 0.0929 e. The van der Waals surface area contributed by atoms with E-state index in [9.17, 15) is 15.3 Å². The number of nitrogens with zero attached hydrogens (tertiary/aromatic N) is 1. The zero-order chi connectivity index (χ0) is 10.0. The van der Waals surface area contributed by atoms with Crippen LogP contribution in [0.4, 0.5) is 0 Å². The zero-order valence-electron chi connectivity index (χ0n) is 8.22. The fraction of sp³-hybridized carbons (Fsp3) is 1.00. The monoisotopic (exact) mass is 189 g/mol. The quantitative estimate of drug-likeness (QED) is 0.497. The number of aliphatic hydroxyl groups is 3. The molecule has 0 aliphatic carbocycles. The maximum Gasteiger partial charge on any atom is 0.0929 e. The Hall–Kier alpha value is -0.160. The van der Waals surface area contributed by atoms with Gasteiger partial charge < -0.3 is 15.3 Å². The number of hydrogen-bond acceptors (Lipinski definition) is 4. The molecule has 0 aromatic heterocycles. The van der Waals surface area contributed by atoms with Gasteiger partial charge in [-0.15, -0.1) is 0 Å². The zero-order valence-corrected chi connectivity index (χ0v) is 8.22. The molecule has 0 bridgehead atoms. The normalized spacial score (nSPS) is 43.2. The summed E-state index contributed by atoms with van der Waals surface area (Å²) in [6.45, 7) is 5.50. The highest BCUT2D eigenvalue weighted by Crippen LogP contribution is 2.18. The van der Waals surface area contributed by atoms with E-state index in [1.807, 2.05) is 11.8 Å². The molecule has 4 heteroatoms. The molecule has 0 aromatic carbocycles. The SMILES string of the molecule is CCN1C[C@@H](O)[C@@H](C)[C@H](O)[C@@H](O)C1. The third kappa shape index (κ3) is 2.40. The molecule has 3 N–H and O–H groups in total. The van der Waals surface area contributed by atoms with Crippen LogP contribution in [0.3, 0.4) is 0 Å². The van der Waals surface area contributed by atoms with E-state index in [0.29, 0.717) is 13.1 Å². The minimum Gasteiger partial charge on any atom is -0.391 e. The first kappa shape index (κ1) is 10.9. The molecule has 0 amide bonds. The molecule has 0 saturated carbocycles. The minimum absolute atomic E-state index is 0.258. The molecule has 4 atom stereocenters. The Bertz CT molecular complexity index is 149. The van der Waals surface area contributed by atoms with Gasteiger partial charge in [0.1, 0.15) is 0 Å². The number of β-amino-alcohol motifs (C(OH)–C–C–N with tert-alkyl or cyclic N) is 2. The van der Waals surface area contributed by atoms with Gasteiger partial charge in [0.25, 0.3) is 0 Å². The van der Waals surface area contributed by atoms with Crippen molar-refractivity contribution in [2.45, 2.75) is 32.2 Å². The summed E-state index contributed by atoms with van der Waals surface area (Å²) < 4.78 is 0. The molecule has 0 aromatic rings. The maximum absolute atomic E-state index is 9.63. The summed E-state index contributed by atoms with van der Waals surface area (Å²) in [7, 11) is 0. The van der Waals surface area contributed by atoms with Crippen LogP contribution in [0.25, 0.3) is 0 Å². The van der Waals surface area contributed by atoms with Crippen molar-refractivity contribution < 1.29 is 15.3 Å². The second-order valence-electron chi connectivity index (χ2n) is 3.84. The van der Waals surface area contributed by atoms with Crippen LogP contribution in [0.1, 0.15) is 13.8 Å². The summed E-state index contributed by atoms with van der Waals surface area (Å²) in [5, 5.41) is 28.8. The molecular weight excluding hydrogens is 170 g/mol. The van der Waals surface area contributed by atoms with E-state index in [1.165, 1.54) is 0 Å². The largest absolute Gasteiger partial charge is 0.391 e. The highest BCUT2D eigenvalue weighted by molar-refractivity contribution is 4.86. The van der Waals surface area contributed by atoms with E-state index in [4.69, 9.17) is 0 Å². The molecule has 1 rings (SSSR count). The predicted molar refractivity (Wildman–Crippen MR) is 49.3 cm³/mol. The summed E-state index contributed by atoms with van der Waals surface area (Å²) in [4.78, 5) is 1.95. The van der Waals surface area contributed by atoms with Gasteiger partial charge in [0.05, 0.1) is 18.3 Å². The number of rotatable bonds is 1. The van der Waals surface area contributed by atoms with E-state index in [2.05, 4.69) is 0 Å². The van der Waals surface area contributed by atoms with E-state index >= 15 is 0 Å². The maximum atomic E-state index is 9.63. The summed E-state index contributed by atoms with van der Waals surface area (Å²) in [5.74, 6) is -0.258. The average molecular weight is 189 g/mol. The van der Waals surface area contributed by atoms with E-state index < -0.39 is 18.3 Å². The molecule has 4 nitrogen and oxygen atoms in total. The molecular formula is C9H19NO3. The molecule has 1 aliphatic rings. The third-order valence-electron chi connectivity index (χ3n) is 2.88. The highest BCUT2D eigenvalue weighted by Gasteiger charge is 2.33. The van der Waals surface area contributed by atoms with Crippen LogP contribution in [0.5, 0.6) is 0 Å². The summed E-state index contributed by atoms with van der Waals surface area (Å²) in [6.07, 6.45) is -2.11. The van der Waals surface area contributed by atoms with Gasteiger partial charge in [-0.3, -0.25) is 4.90 Å². The lowest BCUT2D eigenvalue weighted by Crippen LogP contribution is -2.38. The summed E-state index contributed by atoms with van der Waals surface area (Å²) in [5.41, 5.74) is 0. The molecule has 1 saturated heterocycles. The van der Waals surface area contributed by atoms with Gasteiger partial charge in [0.15, 0.2) is 0 Å². The van der Waals surface area contributed by atoms with Gasteiger partial charge in [-0.1, -0.05) is 13.8 Å². The molecule has 1 aliphatic heterocycles. The standard InChI is InChI=1S/C9H19NO3/c1-3-10-4-7(11)6(2)9(13)8(12)5-10/h6-9,11-13H,3-5H2,1-2H3/t6-,7-,8+,9+/m1/s1. The lowest BCUT2D eigenvalue weighted by molar-refractivity contribution is -0.0339. The Balaban J connectivity index is 2.66. The lowest BCUT2D eigenvalue weighted by atomic mass is 9.96. The van der Waals surface area contributed by atoms with E-state index in [1.54, 1.807) is 6.92 Å². The van der Waals surface area contributed by atoms with E-state index in [0.717, 1.165) is 6.54 Å². The number of hydrogen-bond donors (Lipinski definition) is 3. The van der Waals surface area contributed by atoms with Crippen molar-refractivity contribution in [1.82, 2.24) is 4.90 Å². The first-order valence-corrected chi connectivity index (χ1v) is 4.82. The van der Waals surface area contributed by atoms with Gasteiger partial charge in [0, 0.05) is 19.0 Å². The van der Waals surface area contributed by atoms with Crippen molar-refractivity contribution >= 4 is 0 Å². The highest BCUT2D eigenvalue weighted by atomic mass is 16.3. The molecule has 0 radical (unpaired) electrons. The van der Waals surface area contributed by atoms with Crippen molar-refractivity contribution in [2.24, 2.45) is 5.92 Å². The number of likely N-dealkylation sites (tertiary alicyclic amines) is 1. The fourth-order valence-electron chi connectivity index (χ4n) is 1.71. The van der Waals surface area contributed by atoms with Crippen molar-refractivity contribution in [1.29, 1.82) is 0 Å². The molecule has 0 unspecified atom stereocenters. The Morgan fingerprint density at radius 2 is 1.69 bits per heavy atom. The number of likely N-dealkylation sites (N-methyl/N-ethyl adjacent to an activating group) is 1. The van der Waals surface area contributed by atoms with Crippen molar-refractivity contribution in [3.63, 3.8) is 0 Å².